The van der Waals surface area contributed by atoms with Gasteiger partial charge in [-0.2, -0.15) is 5.10 Å². The number of nitrogens with zero attached hydrogens (tertiary/aromatic N) is 2. The first-order valence-corrected chi connectivity index (χ1v) is 8.44. The van der Waals surface area contributed by atoms with Crippen molar-refractivity contribution < 1.29 is 13.6 Å². The molecular weight excluding hydrogens is 326 g/mol. The Balaban J connectivity index is 1.63. The Morgan fingerprint density at radius 3 is 2.88 bits per heavy atom. The fourth-order valence-electron chi connectivity index (χ4n) is 3.24. The van der Waals surface area contributed by atoms with E-state index in [0.717, 1.165) is 25.9 Å². The molecule has 2 heterocycles. The van der Waals surface area contributed by atoms with Crippen LogP contribution in [0.1, 0.15) is 36.2 Å². The number of H-pyrrole nitrogens is 1. The number of likely N-dealkylation sites (tertiary alicyclic amines) is 1. The van der Waals surface area contributed by atoms with Crippen LogP contribution in [0.3, 0.4) is 0 Å². The molecule has 0 unspecified atom stereocenters. The Kier molecular flexibility index (Phi) is 5.43. The number of alkyl halides is 2. The molecule has 0 bridgehead atoms. The average molecular weight is 348 g/mol. The van der Waals surface area contributed by atoms with E-state index in [0.29, 0.717) is 12.2 Å². The topological polar surface area (TPSA) is 61.0 Å². The van der Waals surface area contributed by atoms with Gasteiger partial charge in [-0.05, 0) is 31.9 Å². The molecule has 1 amide bonds. The number of hydrogen-bond donors (Lipinski definition) is 2. The van der Waals surface area contributed by atoms with Gasteiger partial charge in [0.05, 0.1) is 17.3 Å². The molecule has 1 aromatic carbocycles. The molecule has 0 aliphatic carbocycles. The normalized spacial score (nSPS) is 18.5. The summed E-state index contributed by atoms with van der Waals surface area (Å²) in [6.07, 6.45) is -1.05. The van der Waals surface area contributed by atoms with Crippen LogP contribution < -0.4 is 5.32 Å². The summed E-state index contributed by atoms with van der Waals surface area (Å²) in [5, 5.41) is 8.75. The fourth-order valence-corrected chi connectivity index (χ4v) is 3.24. The number of carbonyl (C=O) groups excluding carboxylic acids is 1. The third kappa shape index (κ3) is 4.22. The van der Waals surface area contributed by atoms with E-state index in [1.165, 1.54) is 5.56 Å². The number of halogens is 2. The fraction of sp³-hybridized carbons (Fsp3) is 0.444. The number of aryl methyl sites for hydroxylation is 1. The number of benzene rings is 1. The molecule has 1 aromatic heterocycles. The number of aromatic nitrogens is 2. The molecule has 1 atom stereocenters. The summed E-state index contributed by atoms with van der Waals surface area (Å²) in [4.78, 5) is 14.8. The first-order chi connectivity index (χ1) is 12.0. The summed E-state index contributed by atoms with van der Waals surface area (Å²) in [7, 11) is 0. The predicted octanol–water partition coefficient (Wildman–Crippen LogP) is 3.51. The number of piperidine rings is 1. The van der Waals surface area contributed by atoms with Crippen LogP contribution in [-0.2, 0) is 11.3 Å². The van der Waals surface area contributed by atoms with Crippen LogP contribution in [0.25, 0.3) is 0 Å². The van der Waals surface area contributed by atoms with Gasteiger partial charge < -0.3 is 5.32 Å². The summed E-state index contributed by atoms with van der Waals surface area (Å²) in [5.74, 6) is -0.429. The van der Waals surface area contributed by atoms with E-state index in [-0.39, 0.29) is 17.5 Å². The molecule has 1 aliphatic heterocycles. The van der Waals surface area contributed by atoms with Crippen LogP contribution in [0.4, 0.5) is 14.5 Å². The summed E-state index contributed by atoms with van der Waals surface area (Å²) >= 11 is 0. The van der Waals surface area contributed by atoms with E-state index in [4.69, 9.17) is 0 Å². The molecule has 0 saturated carbocycles. The van der Waals surface area contributed by atoms with Gasteiger partial charge in [0.25, 0.3) is 6.43 Å². The number of carbonyl (C=O) groups is 1. The highest BCUT2D eigenvalue weighted by Gasteiger charge is 2.28. The number of hydrogen-bond acceptors (Lipinski definition) is 3. The molecule has 7 heteroatoms. The molecule has 134 valence electrons. The lowest BCUT2D eigenvalue weighted by Gasteiger charge is -2.32. The smallest absolute Gasteiger partial charge is 0.284 e. The van der Waals surface area contributed by atoms with E-state index < -0.39 is 12.1 Å². The molecule has 1 saturated heterocycles. The minimum Gasteiger partial charge on any atom is -0.323 e. The Hall–Kier alpha value is -2.28. The Morgan fingerprint density at radius 2 is 2.16 bits per heavy atom. The van der Waals surface area contributed by atoms with Gasteiger partial charge in [-0.1, -0.05) is 30.3 Å². The lowest BCUT2D eigenvalue weighted by atomic mass is 9.96. The Bertz CT molecular complexity index is 717. The van der Waals surface area contributed by atoms with E-state index in [2.05, 4.69) is 32.5 Å². The number of amides is 1. The van der Waals surface area contributed by atoms with Crippen molar-refractivity contribution in [2.45, 2.75) is 32.7 Å². The van der Waals surface area contributed by atoms with Crippen LogP contribution in [0.2, 0.25) is 0 Å². The second-order valence-electron chi connectivity index (χ2n) is 6.46. The first-order valence-electron chi connectivity index (χ1n) is 8.44. The van der Waals surface area contributed by atoms with Gasteiger partial charge in [-0.3, -0.25) is 14.8 Å². The summed E-state index contributed by atoms with van der Waals surface area (Å²) in [6.45, 7) is 3.97. The van der Waals surface area contributed by atoms with Gasteiger partial charge in [-0.15, -0.1) is 0 Å². The van der Waals surface area contributed by atoms with Crippen LogP contribution in [-0.4, -0.2) is 34.1 Å². The zero-order chi connectivity index (χ0) is 17.8. The van der Waals surface area contributed by atoms with Crippen molar-refractivity contribution in [1.29, 1.82) is 0 Å². The van der Waals surface area contributed by atoms with Crippen LogP contribution in [0, 0.1) is 12.8 Å². The molecule has 25 heavy (non-hydrogen) atoms. The Labute approximate surface area is 145 Å². The number of anilines is 1. The molecule has 3 rings (SSSR count). The monoisotopic (exact) mass is 348 g/mol. The maximum Gasteiger partial charge on any atom is 0.284 e. The minimum atomic E-state index is -2.72. The Morgan fingerprint density at radius 1 is 1.40 bits per heavy atom. The molecule has 1 fully saturated rings. The predicted molar refractivity (Wildman–Crippen MR) is 91.4 cm³/mol. The SMILES string of the molecule is Cc1[nH]nc(C(F)F)c1NC(=O)[C@@H]1CCCN(Cc2ccccc2)C1. The zero-order valence-corrected chi connectivity index (χ0v) is 14.1. The number of aromatic amines is 1. The maximum absolute atomic E-state index is 13.0. The average Bonchev–Trinajstić information content (AvgIpc) is 2.97. The van der Waals surface area contributed by atoms with Crippen LogP contribution in [0.15, 0.2) is 30.3 Å². The first kappa shape index (κ1) is 17.5. The molecule has 0 spiro atoms. The third-order valence-corrected chi connectivity index (χ3v) is 4.56. The van der Waals surface area contributed by atoms with E-state index >= 15 is 0 Å². The second-order valence-corrected chi connectivity index (χ2v) is 6.46. The largest absolute Gasteiger partial charge is 0.323 e. The van der Waals surface area contributed by atoms with Gasteiger partial charge in [0, 0.05) is 13.1 Å². The lowest BCUT2D eigenvalue weighted by molar-refractivity contribution is -0.121. The van der Waals surface area contributed by atoms with Crippen molar-refractivity contribution in [3.8, 4) is 0 Å². The van der Waals surface area contributed by atoms with Crippen molar-refractivity contribution in [2.24, 2.45) is 5.92 Å². The van der Waals surface area contributed by atoms with Crippen LogP contribution in [0.5, 0.6) is 0 Å². The highest BCUT2D eigenvalue weighted by Crippen LogP contribution is 2.28. The summed E-state index contributed by atoms with van der Waals surface area (Å²) < 4.78 is 26.0. The summed E-state index contributed by atoms with van der Waals surface area (Å²) in [5.41, 5.74) is 1.36. The highest BCUT2D eigenvalue weighted by atomic mass is 19.3. The van der Waals surface area contributed by atoms with Gasteiger partial charge in [-0.25, -0.2) is 8.78 Å². The quantitative estimate of drug-likeness (QED) is 0.869. The number of nitrogens with one attached hydrogen (secondary N) is 2. The molecule has 0 radical (unpaired) electrons. The molecule has 5 nitrogen and oxygen atoms in total. The highest BCUT2D eigenvalue weighted by molar-refractivity contribution is 5.93. The van der Waals surface area contributed by atoms with Crippen LogP contribution >= 0.6 is 0 Å². The van der Waals surface area contributed by atoms with Crippen molar-refractivity contribution in [2.75, 3.05) is 18.4 Å². The van der Waals surface area contributed by atoms with Crippen molar-refractivity contribution in [3.63, 3.8) is 0 Å². The van der Waals surface area contributed by atoms with Gasteiger partial charge >= 0.3 is 0 Å². The van der Waals surface area contributed by atoms with Crippen molar-refractivity contribution >= 4 is 11.6 Å². The van der Waals surface area contributed by atoms with Crippen molar-refractivity contribution in [1.82, 2.24) is 15.1 Å². The van der Waals surface area contributed by atoms with E-state index in [1.54, 1.807) is 6.92 Å². The molecule has 1 aliphatic rings. The standard InChI is InChI=1S/C18H22F2N4O/c1-12-15(16(17(19)20)23-22-12)21-18(25)14-8-5-9-24(11-14)10-13-6-3-2-4-7-13/h2-4,6-7,14,17H,5,8-11H2,1H3,(H,21,25)(H,22,23)/t14-/m1/s1. The lowest BCUT2D eigenvalue weighted by Crippen LogP contribution is -2.40. The molecule has 2 aromatic rings. The maximum atomic E-state index is 13.0. The number of rotatable bonds is 5. The third-order valence-electron chi connectivity index (χ3n) is 4.56. The molecular formula is C18H22F2N4O. The summed E-state index contributed by atoms with van der Waals surface area (Å²) in [6, 6.07) is 10.1. The van der Waals surface area contributed by atoms with E-state index in [9.17, 15) is 13.6 Å². The molecule has 2 N–H and O–H groups in total. The zero-order valence-electron chi connectivity index (χ0n) is 14.1. The minimum absolute atomic E-state index is 0.111. The van der Waals surface area contributed by atoms with E-state index in [1.807, 2.05) is 18.2 Å². The second kappa shape index (κ2) is 7.74. The van der Waals surface area contributed by atoms with Gasteiger partial charge in [0.15, 0.2) is 5.69 Å². The van der Waals surface area contributed by atoms with Gasteiger partial charge in [0.2, 0.25) is 5.91 Å². The van der Waals surface area contributed by atoms with Gasteiger partial charge in [0.1, 0.15) is 0 Å². The van der Waals surface area contributed by atoms with Crippen molar-refractivity contribution in [3.05, 3.63) is 47.3 Å².